The molecule has 0 saturated heterocycles. The summed E-state index contributed by atoms with van der Waals surface area (Å²) in [5.74, 6) is 1.47. The lowest BCUT2D eigenvalue weighted by molar-refractivity contribution is -0.144. The molecule has 2 atom stereocenters. The van der Waals surface area contributed by atoms with Crippen molar-refractivity contribution in [2.45, 2.75) is 184 Å². The van der Waals surface area contributed by atoms with Gasteiger partial charge < -0.3 is 19.9 Å². The van der Waals surface area contributed by atoms with Crippen molar-refractivity contribution in [3.63, 3.8) is 0 Å². The molecule has 0 rings (SSSR count). The minimum atomic E-state index is -0.0143. The Morgan fingerprint density at radius 3 is 1.50 bits per heavy atom. The van der Waals surface area contributed by atoms with E-state index in [2.05, 4.69) is 84.6 Å². The minimum absolute atomic E-state index is 0.0143. The first-order valence-electron chi connectivity index (χ1n) is 20.4. The number of amides is 1. The third kappa shape index (κ3) is 34.7. The van der Waals surface area contributed by atoms with Crippen molar-refractivity contribution in [2.75, 3.05) is 53.4 Å². The van der Waals surface area contributed by atoms with Crippen molar-refractivity contribution in [2.24, 2.45) is 22.7 Å². The molecule has 0 saturated carbocycles. The smallest absolute Gasteiger partial charge is 0.305 e. The van der Waals surface area contributed by atoms with Crippen molar-refractivity contribution in [1.82, 2.24) is 15.1 Å². The monoisotopic (exact) mass is 680 g/mol. The van der Waals surface area contributed by atoms with E-state index in [0.717, 1.165) is 51.7 Å². The molecule has 0 heterocycles. The Bertz CT molecular complexity index is 713. The number of ether oxygens (including phenoxy) is 1. The van der Waals surface area contributed by atoms with Crippen LogP contribution >= 0.6 is 0 Å². The molecule has 6 nitrogen and oxygen atoms in total. The van der Waals surface area contributed by atoms with Gasteiger partial charge >= 0.3 is 5.97 Å². The minimum Gasteiger partial charge on any atom is -0.466 e. The Balaban J connectivity index is 3.81. The maximum absolute atomic E-state index is 12.2. The third-order valence-corrected chi connectivity index (χ3v) is 9.35. The highest BCUT2D eigenvalue weighted by molar-refractivity contribution is 5.75. The number of unbranched alkanes of at least 4 members (excludes halogenated alkanes) is 12. The zero-order valence-electron chi connectivity index (χ0n) is 34.2. The molecule has 0 spiro atoms. The van der Waals surface area contributed by atoms with Crippen LogP contribution in [-0.2, 0) is 14.3 Å². The Kier molecular flexibility index (Phi) is 27.9. The van der Waals surface area contributed by atoms with Gasteiger partial charge in [-0.15, -0.1) is 0 Å². The molecule has 48 heavy (non-hydrogen) atoms. The molecule has 0 bridgehead atoms. The summed E-state index contributed by atoms with van der Waals surface area (Å²) in [7, 11) is 4.34. The molecule has 0 aromatic heterocycles. The van der Waals surface area contributed by atoms with Gasteiger partial charge in [0.25, 0.3) is 0 Å². The van der Waals surface area contributed by atoms with Gasteiger partial charge in [0, 0.05) is 32.5 Å². The van der Waals surface area contributed by atoms with Gasteiger partial charge in [0.05, 0.1) is 6.61 Å². The van der Waals surface area contributed by atoms with Crippen LogP contribution in [0.15, 0.2) is 0 Å². The van der Waals surface area contributed by atoms with Crippen LogP contribution in [-0.4, -0.2) is 75.1 Å². The van der Waals surface area contributed by atoms with Gasteiger partial charge in [0.15, 0.2) is 0 Å². The number of nitrogens with one attached hydrogen (secondary N) is 1. The summed E-state index contributed by atoms with van der Waals surface area (Å²) < 4.78 is 5.48. The number of likely N-dealkylation sites (N-methyl/N-ethyl adjacent to an activating group) is 1. The highest BCUT2D eigenvalue weighted by Gasteiger charge is 2.16. The summed E-state index contributed by atoms with van der Waals surface area (Å²) in [5.41, 5.74) is 0.700. The van der Waals surface area contributed by atoms with E-state index in [-0.39, 0.29) is 11.9 Å². The Hall–Kier alpha value is -1.14. The highest BCUT2D eigenvalue weighted by atomic mass is 16.5. The van der Waals surface area contributed by atoms with E-state index in [4.69, 9.17) is 4.74 Å². The summed E-state index contributed by atoms with van der Waals surface area (Å²) in [4.78, 5) is 29.2. The number of carbonyl (C=O) groups is 2. The van der Waals surface area contributed by atoms with Crippen LogP contribution in [0.2, 0.25) is 0 Å². The number of hydrogen-bond acceptors (Lipinski definition) is 5. The fraction of sp³-hybridized carbons (Fsp3) is 0.952. The quantitative estimate of drug-likeness (QED) is 0.0584. The molecule has 0 radical (unpaired) electrons. The zero-order valence-corrected chi connectivity index (χ0v) is 34.2. The van der Waals surface area contributed by atoms with Gasteiger partial charge in [-0.25, -0.2) is 0 Å². The summed E-state index contributed by atoms with van der Waals surface area (Å²) in [6.45, 7) is 24.3. The van der Waals surface area contributed by atoms with Gasteiger partial charge in [-0.3, -0.25) is 9.59 Å². The van der Waals surface area contributed by atoms with Gasteiger partial charge in [-0.05, 0) is 101 Å². The summed E-state index contributed by atoms with van der Waals surface area (Å²) in [5, 5.41) is 3.13. The van der Waals surface area contributed by atoms with Gasteiger partial charge in [0.1, 0.15) is 0 Å². The largest absolute Gasteiger partial charge is 0.466 e. The second-order valence-corrected chi connectivity index (χ2v) is 18.0. The summed E-state index contributed by atoms with van der Waals surface area (Å²) in [6.07, 6.45) is 22.8. The average Bonchev–Trinajstić information content (AvgIpc) is 2.95. The lowest BCUT2D eigenvalue weighted by Crippen LogP contribution is -2.33. The molecular weight excluding hydrogens is 594 g/mol. The number of rotatable bonds is 31. The maximum atomic E-state index is 12.2. The van der Waals surface area contributed by atoms with Crippen LogP contribution in [0.5, 0.6) is 0 Å². The molecule has 1 amide bonds. The Morgan fingerprint density at radius 1 is 0.583 bits per heavy atom. The molecule has 0 fully saturated rings. The number of nitrogens with zero attached hydrogens (tertiary/aromatic N) is 2. The predicted octanol–water partition coefficient (Wildman–Crippen LogP) is 10.7. The van der Waals surface area contributed by atoms with Crippen LogP contribution in [0.25, 0.3) is 0 Å². The van der Waals surface area contributed by atoms with Crippen molar-refractivity contribution in [1.29, 1.82) is 0 Å². The lowest BCUT2D eigenvalue weighted by atomic mass is 9.84. The molecule has 1 N–H and O–H groups in total. The van der Waals surface area contributed by atoms with E-state index in [1.165, 1.54) is 96.6 Å². The molecule has 0 aromatic carbocycles. The second-order valence-electron chi connectivity index (χ2n) is 18.0. The molecule has 0 aliphatic carbocycles. The fourth-order valence-corrected chi connectivity index (χ4v) is 6.96. The van der Waals surface area contributed by atoms with Crippen molar-refractivity contribution < 1.29 is 14.3 Å². The first-order chi connectivity index (χ1) is 22.6. The fourth-order valence-electron chi connectivity index (χ4n) is 6.96. The maximum Gasteiger partial charge on any atom is 0.305 e. The SMILES string of the molecule is CC(CCNC(=O)CCCCCCCCCN(CCCCCCCCCC(=O)OCCC(C)CC(C)(C)C)CCN(C)C)CC(C)(C)C. The highest BCUT2D eigenvalue weighted by Crippen LogP contribution is 2.26. The number of hydrogen-bond donors (Lipinski definition) is 1. The average molecular weight is 680 g/mol. The molecule has 286 valence electrons. The van der Waals surface area contributed by atoms with E-state index in [0.29, 0.717) is 42.1 Å². The lowest BCUT2D eigenvalue weighted by Gasteiger charge is -2.24. The van der Waals surface area contributed by atoms with Crippen LogP contribution < -0.4 is 5.32 Å². The Labute approximate surface area is 300 Å². The van der Waals surface area contributed by atoms with E-state index in [1.54, 1.807) is 0 Å². The van der Waals surface area contributed by atoms with Crippen LogP contribution in [0, 0.1) is 22.7 Å². The van der Waals surface area contributed by atoms with Gasteiger partial charge in [-0.1, -0.05) is 120 Å². The normalized spacial score (nSPS) is 13.7. The number of esters is 1. The van der Waals surface area contributed by atoms with E-state index >= 15 is 0 Å². The Morgan fingerprint density at radius 2 is 1.02 bits per heavy atom. The third-order valence-electron chi connectivity index (χ3n) is 9.35. The molecule has 0 aliphatic rings. The van der Waals surface area contributed by atoms with Crippen molar-refractivity contribution in [3.8, 4) is 0 Å². The number of carbonyl (C=O) groups excluding carboxylic acids is 2. The molecule has 0 aromatic rings. The van der Waals surface area contributed by atoms with Crippen LogP contribution in [0.3, 0.4) is 0 Å². The summed E-state index contributed by atoms with van der Waals surface area (Å²) in [6, 6.07) is 0. The molecule has 2 unspecified atom stereocenters. The first kappa shape index (κ1) is 46.9. The van der Waals surface area contributed by atoms with Gasteiger partial charge in [0.2, 0.25) is 5.91 Å². The van der Waals surface area contributed by atoms with E-state index < -0.39 is 0 Å². The zero-order chi connectivity index (χ0) is 36.3. The first-order valence-corrected chi connectivity index (χ1v) is 20.4. The molecule has 6 heteroatoms. The molecule has 0 aliphatic heterocycles. The van der Waals surface area contributed by atoms with Crippen LogP contribution in [0.1, 0.15) is 184 Å². The van der Waals surface area contributed by atoms with E-state index in [9.17, 15) is 9.59 Å². The summed E-state index contributed by atoms with van der Waals surface area (Å²) >= 11 is 0. The standard InChI is InChI=1S/C42H85N3O3/c1-37(35-41(3,4)5)27-29-43-39(46)25-21-17-13-11-15-19-23-30-45(33-32-44(9)10)31-24-20-16-12-14-18-22-26-40(47)48-34-28-38(2)36-42(6,7)8/h37-38H,11-36H2,1-10H3,(H,43,46). The van der Waals surface area contributed by atoms with Crippen molar-refractivity contribution >= 4 is 11.9 Å². The van der Waals surface area contributed by atoms with E-state index in [1.807, 2.05) is 0 Å². The predicted molar refractivity (Wildman–Crippen MR) is 209 cm³/mol. The topological polar surface area (TPSA) is 61.9 Å². The second kappa shape index (κ2) is 28.5. The van der Waals surface area contributed by atoms with Crippen LogP contribution in [0.4, 0.5) is 0 Å². The molecular formula is C42H85N3O3. The van der Waals surface area contributed by atoms with Crippen molar-refractivity contribution in [3.05, 3.63) is 0 Å². The van der Waals surface area contributed by atoms with Gasteiger partial charge in [-0.2, -0.15) is 0 Å².